The van der Waals surface area contributed by atoms with Crippen LogP contribution >= 0.6 is 0 Å². The fourth-order valence-corrected chi connectivity index (χ4v) is 1.46. The van der Waals surface area contributed by atoms with Crippen LogP contribution in [0, 0.1) is 0 Å². The molecule has 0 aliphatic carbocycles. The lowest BCUT2D eigenvalue weighted by Crippen LogP contribution is -2.18. The van der Waals surface area contributed by atoms with E-state index in [0.29, 0.717) is 6.61 Å². The molecule has 0 fully saturated rings. The Hall–Kier alpha value is -0.830. The van der Waals surface area contributed by atoms with Crippen LogP contribution in [-0.4, -0.2) is 16.4 Å². The van der Waals surface area contributed by atoms with E-state index >= 15 is 0 Å². The summed E-state index contributed by atoms with van der Waals surface area (Å²) in [6.07, 6.45) is 0. The van der Waals surface area contributed by atoms with Crippen LogP contribution in [0.1, 0.15) is 46.0 Å². The molecule has 2 heterocycles. The third-order valence-corrected chi connectivity index (χ3v) is 2.33. The molecule has 2 rings (SSSR count). The molecule has 0 radical (unpaired) electrons. The van der Waals surface area contributed by atoms with E-state index in [2.05, 4.69) is 36.6 Å². The van der Waals surface area contributed by atoms with Gasteiger partial charge in [-0.25, -0.2) is 0 Å². The molecule has 0 bridgehead atoms. The highest BCUT2D eigenvalue weighted by atomic mass is 16.5. The lowest BCUT2D eigenvalue weighted by Gasteiger charge is -2.14. The van der Waals surface area contributed by atoms with Crippen LogP contribution in [0.4, 0.5) is 0 Å². The Morgan fingerprint density at radius 1 is 1.33 bits per heavy atom. The zero-order valence-corrected chi connectivity index (χ0v) is 10.5. The summed E-state index contributed by atoms with van der Waals surface area (Å²) in [5.41, 5.74) is 2.51. The third kappa shape index (κ3) is 2.81. The molecule has 0 aromatic carbocycles. The van der Waals surface area contributed by atoms with E-state index in [1.165, 1.54) is 5.69 Å². The molecular weight excluding hydrogens is 188 g/mol. The van der Waals surface area contributed by atoms with Crippen molar-refractivity contribution in [1.82, 2.24) is 9.78 Å². The summed E-state index contributed by atoms with van der Waals surface area (Å²) in [5.74, 6) is 0. The Labute approximate surface area is 92.4 Å². The summed E-state index contributed by atoms with van der Waals surface area (Å²) < 4.78 is 7.42. The minimum atomic E-state index is 0.143. The number of hydrogen-bond donors (Lipinski definition) is 0. The Morgan fingerprint density at radius 3 is 2.53 bits per heavy atom. The topological polar surface area (TPSA) is 27.1 Å². The average molecular weight is 210 g/mol. The van der Waals surface area contributed by atoms with Crippen molar-refractivity contribution in [2.45, 2.75) is 53.2 Å². The Bertz CT molecular complexity index is 286. The fourth-order valence-electron chi connectivity index (χ4n) is 1.46. The van der Waals surface area contributed by atoms with Gasteiger partial charge in [0, 0.05) is 5.41 Å². The summed E-state index contributed by atoms with van der Waals surface area (Å²) in [7, 11) is 0. The van der Waals surface area contributed by atoms with Gasteiger partial charge < -0.3 is 4.74 Å². The molecule has 15 heavy (non-hydrogen) atoms. The first-order chi connectivity index (χ1) is 7.07. The minimum Gasteiger partial charge on any atom is -0.373 e. The van der Waals surface area contributed by atoms with Gasteiger partial charge in [-0.1, -0.05) is 34.6 Å². The van der Waals surface area contributed by atoms with Crippen LogP contribution in [0.25, 0.3) is 0 Å². The molecule has 0 saturated heterocycles. The summed E-state index contributed by atoms with van der Waals surface area (Å²) in [6, 6.07) is 2.15. The van der Waals surface area contributed by atoms with E-state index in [4.69, 9.17) is 4.74 Å². The maximum atomic E-state index is 5.36. The van der Waals surface area contributed by atoms with Crippen molar-refractivity contribution >= 4 is 0 Å². The number of rotatable bonds is 0. The number of fused-ring (bicyclic) bond motifs is 1. The third-order valence-electron chi connectivity index (χ3n) is 2.33. The van der Waals surface area contributed by atoms with E-state index in [0.717, 1.165) is 18.8 Å². The van der Waals surface area contributed by atoms with Crippen molar-refractivity contribution in [3.05, 3.63) is 17.5 Å². The van der Waals surface area contributed by atoms with Crippen molar-refractivity contribution < 1.29 is 4.74 Å². The molecule has 0 N–H and O–H groups in total. The maximum Gasteiger partial charge on any atom is 0.0885 e. The highest BCUT2D eigenvalue weighted by Gasteiger charge is 2.20. The number of nitrogens with zero attached hydrogens (tertiary/aromatic N) is 2. The Kier molecular flexibility index (Phi) is 3.91. The van der Waals surface area contributed by atoms with Gasteiger partial charge in [0.2, 0.25) is 0 Å². The predicted octanol–water partition coefficient (Wildman–Crippen LogP) is 2.74. The van der Waals surface area contributed by atoms with Gasteiger partial charge in [-0.3, -0.25) is 4.68 Å². The minimum absolute atomic E-state index is 0.143. The number of aromatic nitrogens is 2. The zero-order chi connectivity index (χ0) is 11.5. The van der Waals surface area contributed by atoms with Gasteiger partial charge >= 0.3 is 0 Å². The van der Waals surface area contributed by atoms with Crippen LogP contribution in [0.3, 0.4) is 0 Å². The SMILES string of the molecule is CC.CC(C)(C)c1cc2n(n1)CCOC2. The number of ether oxygens (including phenoxy) is 1. The molecule has 0 amide bonds. The van der Waals surface area contributed by atoms with E-state index in [1.54, 1.807) is 0 Å². The van der Waals surface area contributed by atoms with Gasteiger partial charge in [0.1, 0.15) is 0 Å². The largest absolute Gasteiger partial charge is 0.373 e. The van der Waals surface area contributed by atoms with E-state index in [1.807, 2.05) is 13.8 Å². The maximum absolute atomic E-state index is 5.36. The second-order valence-corrected chi connectivity index (χ2v) is 4.55. The molecule has 0 spiro atoms. The quantitative estimate of drug-likeness (QED) is 0.658. The molecule has 1 aromatic heterocycles. The molecule has 0 unspecified atom stereocenters. The fraction of sp³-hybridized carbons (Fsp3) is 0.750. The lowest BCUT2D eigenvalue weighted by atomic mass is 9.92. The molecule has 3 nitrogen and oxygen atoms in total. The summed E-state index contributed by atoms with van der Waals surface area (Å²) >= 11 is 0. The van der Waals surface area contributed by atoms with Gasteiger partial charge in [-0.2, -0.15) is 5.10 Å². The van der Waals surface area contributed by atoms with Crippen LogP contribution in [0.2, 0.25) is 0 Å². The van der Waals surface area contributed by atoms with Gasteiger partial charge in [-0.15, -0.1) is 0 Å². The summed E-state index contributed by atoms with van der Waals surface area (Å²) in [4.78, 5) is 0. The first-order valence-electron chi connectivity index (χ1n) is 5.72. The normalized spacial score (nSPS) is 15.3. The summed E-state index contributed by atoms with van der Waals surface area (Å²) in [6.45, 7) is 12.9. The molecule has 86 valence electrons. The van der Waals surface area contributed by atoms with Crippen LogP contribution in [0.15, 0.2) is 6.07 Å². The first kappa shape index (κ1) is 12.2. The second-order valence-electron chi connectivity index (χ2n) is 4.55. The molecule has 0 saturated carbocycles. The average Bonchev–Trinajstić information content (AvgIpc) is 2.63. The van der Waals surface area contributed by atoms with E-state index in [-0.39, 0.29) is 5.41 Å². The highest BCUT2D eigenvalue weighted by molar-refractivity contribution is 5.17. The van der Waals surface area contributed by atoms with Crippen molar-refractivity contribution in [3.8, 4) is 0 Å². The molecule has 1 aliphatic heterocycles. The van der Waals surface area contributed by atoms with Gasteiger partial charge in [0.15, 0.2) is 0 Å². The van der Waals surface area contributed by atoms with Crippen molar-refractivity contribution in [2.75, 3.05) is 6.61 Å². The van der Waals surface area contributed by atoms with E-state index in [9.17, 15) is 0 Å². The predicted molar refractivity (Wildman–Crippen MR) is 61.9 cm³/mol. The van der Waals surface area contributed by atoms with Crippen molar-refractivity contribution in [3.63, 3.8) is 0 Å². The monoisotopic (exact) mass is 210 g/mol. The molecule has 3 heteroatoms. The van der Waals surface area contributed by atoms with Gasteiger partial charge in [0.25, 0.3) is 0 Å². The van der Waals surface area contributed by atoms with Crippen molar-refractivity contribution in [2.24, 2.45) is 0 Å². The van der Waals surface area contributed by atoms with Crippen molar-refractivity contribution in [1.29, 1.82) is 0 Å². The van der Waals surface area contributed by atoms with Gasteiger partial charge in [0.05, 0.1) is 31.1 Å². The molecule has 1 aliphatic rings. The number of hydrogen-bond acceptors (Lipinski definition) is 2. The van der Waals surface area contributed by atoms with Crippen LogP contribution in [0.5, 0.6) is 0 Å². The highest BCUT2D eigenvalue weighted by Crippen LogP contribution is 2.22. The van der Waals surface area contributed by atoms with Gasteiger partial charge in [-0.05, 0) is 6.07 Å². The smallest absolute Gasteiger partial charge is 0.0885 e. The zero-order valence-electron chi connectivity index (χ0n) is 10.5. The molecule has 0 atom stereocenters. The second kappa shape index (κ2) is 4.79. The van der Waals surface area contributed by atoms with Crippen LogP contribution in [-0.2, 0) is 23.3 Å². The molecular formula is C12H22N2O. The standard InChI is InChI=1S/C10H16N2O.C2H6/c1-10(2,3)9-6-8-7-13-5-4-12(8)11-9;1-2/h6H,4-5,7H2,1-3H3;1-2H3. The Balaban J connectivity index is 0.000000531. The lowest BCUT2D eigenvalue weighted by molar-refractivity contribution is 0.0799. The molecule has 1 aromatic rings. The first-order valence-corrected chi connectivity index (χ1v) is 5.72. The van der Waals surface area contributed by atoms with Crippen LogP contribution < -0.4 is 0 Å². The Morgan fingerprint density at radius 2 is 2.00 bits per heavy atom. The van der Waals surface area contributed by atoms with E-state index < -0.39 is 0 Å². The summed E-state index contributed by atoms with van der Waals surface area (Å²) in [5, 5.41) is 4.56.